The van der Waals surface area contributed by atoms with Crippen LogP contribution in [0.25, 0.3) is 211 Å². The fourth-order valence-corrected chi connectivity index (χ4v) is 17.3. The number of benzene rings is 15. The number of aromatic nitrogens is 10. The molecule has 10 nitrogen and oxygen atoms in total. The van der Waals surface area contributed by atoms with Gasteiger partial charge in [-0.05, 0) is 145 Å². The number of imidazole rings is 2. The van der Waals surface area contributed by atoms with Gasteiger partial charge in [-0.15, -0.1) is 0 Å². The molecule has 0 N–H and O–H groups in total. The third kappa shape index (κ3) is 9.57. The molecule has 23 rings (SSSR count). The average molecular weight is 1450 g/mol. The first-order valence-corrected chi connectivity index (χ1v) is 37.0. The molecule has 0 fully saturated rings. The van der Waals surface area contributed by atoms with E-state index in [0.717, 1.165) is 110 Å². The first kappa shape index (κ1) is 63.3. The standard InChI is InChI=1S/C98H54F4N10/c99-97(100)77-48-60(34-40-69(77)70-41-37-64(49-78(70)97)93-107-89(56-20-5-1-6-21-56)105-90(108-93)57-22-7-2-8-23-57)61-36-44-74-86(53-61)112-84-46-39-63(52-82(84)104-96(112)75-45-33-55-19-13-14-28-67(55)87(74)75)76-47-66(62-35-42-71-68-29-15-16-30-72(68)95-103-81-31-17-18-32-83(81)111(95)85(71)54-62)51-80-88(76)73-43-38-65(50-79(73)98(80,101)102)94-109-91(58-24-9-3-10-25-58)106-92(110-94)59-26-11-4-12-27-59/h1-54H. The second-order valence-electron chi connectivity index (χ2n) is 28.9. The van der Waals surface area contributed by atoms with E-state index in [-0.39, 0.29) is 33.9 Å². The van der Waals surface area contributed by atoms with E-state index in [2.05, 4.69) is 75.5 Å². The van der Waals surface area contributed by atoms with Crippen LogP contribution >= 0.6 is 0 Å². The molecule has 21 aromatic rings. The van der Waals surface area contributed by atoms with Crippen LogP contribution in [0.3, 0.4) is 0 Å². The van der Waals surface area contributed by atoms with Crippen LogP contribution in [-0.2, 0) is 11.8 Å². The van der Waals surface area contributed by atoms with Crippen molar-refractivity contribution < 1.29 is 17.6 Å². The molecule has 0 aliphatic heterocycles. The van der Waals surface area contributed by atoms with E-state index >= 15 is 17.6 Å². The Kier molecular flexibility index (Phi) is 13.5. The number of hydrogen-bond acceptors (Lipinski definition) is 8. The zero-order chi connectivity index (χ0) is 74.2. The van der Waals surface area contributed by atoms with E-state index in [0.29, 0.717) is 90.1 Å². The summed E-state index contributed by atoms with van der Waals surface area (Å²) in [5.74, 6) is -4.68. The minimum Gasteiger partial charge on any atom is -0.292 e. The van der Waals surface area contributed by atoms with Crippen LogP contribution in [0.5, 0.6) is 0 Å². The maximum Gasteiger partial charge on any atom is 0.299 e. The highest BCUT2D eigenvalue weighted by atomic mass is 19.3. The van der Waals surface area contributed by atoms with Crippen molar-refractivity contribution in [1.82, 2.24) is 48.7 Å². The average Bonchev–Trinajstić information content (AvgIpc) is 1.53. The van der Waals surface area contributed by atoms with Gasteiger partial charge in [-0.2, -0.15) is 17.6 Å². The molecule has 0 bridgehead atoms. The Morgan fingerprint density at radius 3 is 1.22 bits per heavy atom. The first-order valence-electron chi connectivity index (χ1n) is 37.0. The van der Waals surface area contributed by atoms with Gasteiger partial charge < -0.3 is 0 Å². The lowest BCUT2D eigenvalue weighted by molar-refractivity contribution is 0.0475. The molecule has 15 aromatic carbocycles. The summed E-state index contributed by atoms with van der Waals surface area (Å²) in [5.41, 5.74) is 15.2. The van der Waals surface area contributed by atoms with Crippen LogP contribution in [0, 0.1) is 0 Å². The Morgan fingerprint density at radius 2 is 0.616 bits per heavy atom. The summed E-state index contributed by atoms with van der Waals surface area (Å²) in [6, 6.07) is 105. The molecule has 0 radical (unpaired) electrons. The Hall–Kier alpha value is -14.8. The van der Waals surface area contributed by atoms with Gasteiger partial charge in [-0.3, -0.25) is 8.80 Å². The summed E-state index contributed by atoms with van der Waals surface area (Å²) in [6.45, 7) is 0. The molecule has 6 aromatic heterocycles. The lowest BCUT2D eigenvalue weighted by Gasteiger charge is -2.17. The Balaban J connectivity index is 0.694. The second-order valence-corrected chi connectivity index (χ2v) is 28.9. The van der Waals surface area contributed by atoms with Crippen molar-refractivity contribution in [1.29, 1.82) is 0 Å². The monoisotopic (exact) mass is 1450 g/mol. The molecule has 0 atom stereocenters. The predicted octanol–water partition coefficient (Wildman–Crippen LogP) is 24.7. The number of halogens is 4. The molecule has 0 saturated carbocycles. The summed E-state index contributed by atoms with van der Waals surface area (Å²) < 4.78 is 77.0. The highest BCUT2D eigenvalue weighted by Gasteiger charge is 2.47. The van der Waals surface area contributed by atoms with Gasteiger partial charge in [0.1, 0.15) is 11.3 Å². The van der Waals surface area contributed by atoms with E-state index in [1.165, 1.54) is 6.07 Å². The fraction of sp³-hybridized carbons (Fsp3) is 0.0204. The molecular formula is C98H54F4N10. The predicted molar refractivity (Wildman–Crippen MR) is 439 cm³/mol. The molecule has 0 amide bonds. The van der Waals surface area contributed by atoms with Crippen LogP contribution < -0.4 is 0 Å². The van der Waals surface area contributed by atoms with E-state index in [9.17, 15) is 0 Å². The summed E-state index contributed by atoms with van der Waals surface area (Å²) in [6.07, 6.45) is 0. The molecular weight excluding hydrogens is 1390 g/mol. The van der Waals surface area contributed by atoms with E-state index in [1.54, 1.807) is 36.4 Å². The molecule has 0 unspecified atom stereocenters. The van der Waals surface area contributed by atoms with Gasteiger partial charge in [0.2, 0.25) is 0 Å². The van der Waals surface area contributed by atoms with Crippen LogP contribution in [-0.4, -0.2) is 48.7 Å². The third-order valence-electron chi connectivity index (χ3n) is 22.6. The summed E-state index contributed by atoms with van der Waals surface area (Å²) in [7, 11) is 0. The molecule has 524 valence electrons. The number of fused-ring (bicyclic) bond motifs is 24. The van der Waals surface area contributed by atoms with Gasteiger partial charge in [0.15, 0.2) is 34.9 Å². The maximum atomic E-state index is 18.7. The first-order chi connectivity index (χ1) is 55.0. The van der Waals surface area contributed by atoms with Crippen molar-refractivity contribution in [3.8, 4) is 124 Å². The van der Waals surface area contributed by atoms with Crippen LogP contribution in [0.4, 0.5) is 17.6 Å². The lowest BCUT2D eigenvalue weighted by Crippen LogP contribution is -2.11. The molecule has 6 heterocycles. The van der Waals surface area contributed by atoms with Crippen molar-refractivity contribution in [3.63, 3.8) is 0 Å². The fourth-order valence-electron chi connectivity index (χ4n) is 17.3. The lowest BCUT2D eigenvalue weighted by atomic mass is 9.89. The Bertz CT molecular complexity index is 7520. The van der Waals surface area contributed by atoms with Gasteiger partial charge in [0.05, 0.1) is 33.1 Å². The van der Waals surface area contributed by atoms with Crippen LogP contribution in [0.2, 0.25) is 0 Å². The van der Waals surface area contributed by atoms with Gasteiger partial charge in [0, 0.05) is 82.6 Å². The quantitative estimate of drug-likeness (QED) is 0.104. The SMILES string of the molecule is FC1(F)c2cc(-c3ccc4c5c6ccccc6ccc5c5nc6cc(-c7cc(-c8ccc9c%10ccccc%10c%10nc%11ccccc%11n%10c9c8)cc8c7-c7ccc(-c9nc(-c%10ccccc%10)nc(-c%10ccccc%10)n9)cc7C8(F)F)ccc6n5c4c3)ccc2-c2ccc(-c3nc(-c4ccccc4)nc(-c4ccccc4)n3)cc21. The summed E-state index contributed by atoms with van der Waals surface area (Å²) >= 11 is 0. The Morgan fingerprint density at radius 1 is 0.214 bits per heavy atom. The minimum absolute atomic E-state index is 0.106. The zero-order valence-corrected chi connectivity index (χ0v) is 59.2. The number of para-hydroxylation sites is 2. The molecule has 112 heavy (non-hydrogen) atoms. The van der Waals surface area contributed by atoms with Crippen LogP contribution in [0.1, 0.15) is 22.3 Å². The molecule has 0 spiro atoms. The van der Waals surface area contributed by atoms with Crippen molar-refractivity contribution in [2.24, 2.45) is 0 Å². The Labute approximate surface area is 635 Å². The van der Waals surface area contributed by atoms with E-state index < -0.39 is 11.8 Å². The number of rotatable bonds is 9. The van der Waals surface area contributed by atoms with Gasteiger partial charge in [-0.25, -0.2) is 39.9 Å². The number of hydrogen-bond donors (Lipinski definition) is 0. The largest absolute Gasteiger partial charge is 0.299 e. The maximum absolute atomic E-state index is 18.7. The molecule has 2 aliphatic carbocycles. The number of alkyl halides is 4. The highest BCUT2D eigenvalue weighted by molar-refractivity contribution is 6.24. The number of nitrogens with zero attached hydrogens (tertiary/aromatic N) is 10. The van der Waals surface area contributed by atoms with E-state index in [1.807, 2.05) is 218 Å². The summed E-state index contributed by atoms with van der Waals surface area (Å²) in [5, 5.41) is 7.90. The molecule has 2 aliphatic rings. The van der Waals surface area contributed by atoms with Gasteiger partial charge in [0.25, 0.3) is 11.8 Å². The van der Waals surface area contributed by atoms with Crippen molar-refractivity contribution >= 4 is 87.5 Å². The third-order valence-corrected chi connectivity index (χ3v) is 22.6. The molecule has 14 heteroatoms. The van der Waals surface area contributed by atoms with Gasteiger partial charge >= 0.3 is 0 Å². The second kappa shape index (κ2) is 23.9. The topological polar surface area (TPSA) is 112 Å². The van der Waals surface area contributed by atoms with Crippen molar-refractivity contribution in [2.45, 2.75) is 11.8 Å². The smallest absolute Gasteiger partial charge is 0.292 e. The summed E-state index contributed by atoms with van der Waals surface area (Å²) in [4.78, 5) is 40.2. The van der Waals surface area contributed by atoms with Gasteiger partial charge in [-0.1, -0.05) is 255 Å². The molecule has 0 saturated heterocycles. The van der Waals surface area contributed by atoms with Crippen molar-refractivity contribution in [2.75, 3.05) is 0 Å². The normalized spacial score (nSPS) is 13.3. The van der Waals surface area contributed by atoms with E-state index in [4.69, 9.17) is 39.9 Å². The highest BCUT2D eigenvalue weighted by Crippen LogP contribution is 2.58. The number of pyridine rings is 2. The zero-order valence-electron chi connectivity index (χ0n) is 59.2. The van der Waals surface area contributed by atoms with Crippen molar-refractivity contribution in [3.05, 3.63) is 350 Å². The minimum atomic E-state index is -3.52. The van der Waals surface area contributed by atoms with Crippen LogP contribution in [0.15, 0.2) is 328 Å².